The quantitative estimate of drug-likeness (QED) is 0.319. The van der Waals surface area contributed by atoms with E-state index in [-0.39, 0.29) is 17.4 Å². The lowest BCUT2D eigenvalue weighted by Gasteiger charge is -2.59. The van der Waals surface area contributed by atoms with E-state index in [0.717, 1.165) is 17.8 Å². The smallest absolute Gasteiger partial charge is 0.0656 e. The second kappa shape index (κ2) is 10.5. The van der Waals surface area contributed by atoms with Gasteiger partial charge in [0, 0.05) is 5.92 Å². The number of aliphatic hydroxyl groups is 3. The zero-order chi connectivity index (χ0) is 26.7. The normalized spacial score (nSPS) is 47.9. The first-order valence-corrected chi connectivity index (χ1v) is 16.3. The van der Waals surface area contributed by atoms with Crippen molar-refractivity contribution in [1.29, 1.82) is 0 Å². The average molecular weight is 523 g/mol. The van der Waals surface area contributed by atoms with Crippen LogP contribution in [0.3, 0.4) is 0 Å². The molecule has 7 aliphatic carbocycles. The summed E-state index contributed by atoms with van der Waals surface area (Å²) in [4.78, 5) is 0. The Morgan fingerprint density at radius 1 is 0.842 bits per heavy atom. The van der Waals surface area contributed by atoms with E-state index in [2.05, 4.69) is 45.1 Å². The van der Waals surface area contributed by atoms with Gasteiger partial charge in [-0.25, -0.2) is 0 Å². The third-order valence-corrected chi connectivity index (χ3v) is 12.7. The van der Waals surface area contributed by atoms with Crippen molar-refractivity contribution in [2.75, 3.05) is 0 Å². The lowest BCUT2D eigenvalue weighted by molar-refractivity contribution is -0.130. The molecule has 4 bridgehead atoms. The van der Waals surface area contributed by atoms with Crippen LogP contribution >= 0.6 is 0 Å². The number of aliphatic hydroxyl groups excluding tert-OH is 3. The van der Waals surface area contributed by atoms with Gasteiger partial charge in [-0.1, -0.05) is 56.2 Å². The van der Waals surface area contributed by atoms with Crippen LogP contribution in [0.1, 0.15) is 111 Å². The molecule has 7 saturated carbocycles. The predicted molar refractivity (Wildman–Crippen MR) is 154 cm³/mol. The molecule has 212 valence electrons. The summed E-state index contributed by atoms with van der Waals surface area (Å²) in [5, 5.41) is 31.8. The molecule has 0 radical (unpaired) electrons. The van der Waals surface area contributed by atoms with Crippen molar-refractivity contribution >= 4 is 0 Å². The van der Waals surface area contributed by atoms with E-state index in [9.17, 15) is 15.3 Å². The number of allylic oxidation sites excluding steroid dienone is 4. The summed E-state index contributed by atoms with van der Waals surface area (Å²) in [6.07, 6.45) is 24.9. The highest BCUT2D eigenvalue weighted by molar-refractivity contribution is 5.26. The Morgan fingerprint density at radius 3 is 2.11 bits per heavy atom. The fourth-order valence-corrected chi connectivity index (χ4v) is 11.4. The Labute approximate surface area is 231 Å². The summed E-state index contributed by atoms with van der Waals surface area (Å²) < 4.78 is 0. The highest BCUT2D eigenvalue weighted by atomic mass is 16.3. The van der Waals surface area contributed by atoms with E-state index in [1.54, 1.807) is 5.57 Å². The Morgan fingerprint density at radius 2 is 1.47 bits per heavy atom. The van der Waals surface area contributed by atoms with Gasteiger partial charge in [0.25, 0.3) is 0 Å². The van der Waals surface area contributed by atoms with E-state index < -0.39 is 12.2 Å². The number of fused-ring (bicyclic) bond motifs is 1. The minimum atomic E-state index is -0.396. The van der Waals surface area contributed by atoms with Gasteiger partial charge in [-0.15, -0.1) is 0 Å². The molecule has 3 nitrogen and oxygen atoms in total. The fourth-order valence-electron chi connectivity index (χ4n) is 11.4. The topological polar surface area (TPSA) is 60.7 Å². The van der Waals surface area contributed by atoms with Crippen LogP contribution in [0.25, 0.3) is 0 Å². The molecule has 0 heterocycles. The van der Waals surface area contributed by atoms with E-state index in [4.69, 9.17) is 0 Å². The van der Waals surface area contributed by atoms with Crippen LogP contribution in [0.5, 0.6) is 0 Å². The first-order chi connectivity index (χ1) is 18.1. The fraction of sp³-hybridized carbons (Fsp3) is 0.829. The van der Waals surface area contributed by atoms with Gasteiger partial charge in [0.15, 0.2) is 0 Å². The lowest BCUT2D eigenvalue weighted by Crippen LogP contribution is -2.53. The molecule has 0 saturated heterocycles. The summed E-state index contributed by atoms with van der Waals surface area (Å²) in [6, 6.07) is 0. The SMILES string of the molecule is C[C@H](/C=C/[C@H](C)[C@H](O)C12CC3CC(CC(C3)C1)C2)[C@H]1CC[C@H]2/C(=C/C=C3C[C@@H](O)C[C@H](O)C3)CCC[C@]12C. The molecule has 0 amide bonds. The molecule has 0 unspecified atom stereocenters. The average Bonchev–Trinajstić information content (AvgIpc) is 3.21. The van der Waals surface area contributed by atoms with Crippen LogP contribution in [-0.2, 0) is 0 Å². The molecule has 0 aromatic rings. The van der Waals surface area contributed by atoms with E-state index in [1.807, 2.05) is 0 Å². The van der Waals surface area contributed by atoms with Gasteiger partial charge in [-0.3, -0.25) is 0 Å². The molecular weight excluding hydrogens is 468 g/mol. The molecular formula is C35H54O3. The van der Waals surface area contributed by atoms with Crippen LogP contribution in [0.15, 0.2) is 35.5 Å². The van der Waals surface area contributed by atoms with Crippen molar-refractivity contribution in [3.05, 3.63) is 35.5 Å². The van der Waals surface area contributed by atoms with Crippen molar-refractivity contribution in [1.82, 2.24) is 0 Å². The van der Waals surface area contributed by atoms with Crippen molar-refractivity contribution < 1.29 is 15.3 Å². The zero-order valence-corrected chi connectivity index (χ0v) is 24.3. The molecule has 3 heteroatoms. The molecule has 0 aliphatic heterocycles. The van der Waals surface area contributed by atoms with Crippen LogP contribution in [0, 0.1) is 52.3 Å². The van der Waals surface area contributed by atoms with Gasteiger partial charge in [0.05, 0.1) is 18.3 Å². The molecule has 8 atom stereocenters. The van der Waals surface area contributed by atoms with E-state index in [1.165, 1.54) is 76.2 Å². The molecule has 3 N–H and O–H groups in total. The highest BCUT2D eigenvalue weighted by Crippen LogP contribution is 2.62. The zero-order valence-electron chi connectivity index (χ0n) is 24.3. The van der Waals surface area contributed by atoms with Crippen LogP contribution in [-0.4, -0.2) is 33.6 Å². The third-order valence-electron chi connectivity index (χ3n) is 12.7. The van der Waals surface area contributed by atoms with Crippen LogP contribution < -0.4 is 0 Å². The van der Waals surface area contributed by atoms with Gasteiger partial charge in [-0.2, -0.15) is 0 Å². The maximum Gasteiger partial charge on any atom is 0.0656 e. The Hall–Kier alpha value is -0.900. The van der Waals surface area contributed by atoms with E-state index in [0.29, 0.717) is 42.4 Å². The first-order valence-electron chi connectivity index (χ1n) is 16.3. The predicted octanol–water partition coefficient (Wildman–Crippen LogP) is 7.37. The highest BCUT2D eigenvalue weighted by Gasteiger charge is 2.55. The second-order valence-electron chi connectivity index (χ2n) is 15.4. The van der Waals surface area contributed by atoms with Gasteiger partial charge < -0.3 is 15.3 Å². The van der Waals surface area contributed by atoms with Gasteiger partial charge in [0.2, 0.25) is 0 Å². The Bertz CT molecular complexity index is 913. The maximum atomic E-state index is 11.6. The van der Waals surface area contributed by atoms with E-state index >= 15 is 0 Å². The second-order valence-corrected chi connectivity index (χ2v) is 15.4. The van der Waals surface area contributed by atoms with Gasteiger partial charge in [-0.05, 0) is 136 Å². The largest absolute Gasteiger partial charge is 0.393 e. The summed E-state index contributed by atoms with van der Waals surface area (Å²) >= 11 is 0. The summed E-state index contributed by atoms with van der Waals surface area (Å²) in [5.41, 5.74) is 3.35. The number of rotatable bonds is 6. The van der Waals surface area contributed by atoms with Crippen LogP contribution in [0.2, 0.25) is 0 Å². The van der Waals surface area contributed by atoms with Gasteiger partial charge in [0.1, 0.15) is 0 Å². The maximum absolute atomic E-state index is 11.6. The first kappa shape index (κ1) is 27.3. The molecule has 0 spiro atoms. The van der Waals surface area contributed by atoms with Gasteiger partial charge >= 0.3 is 0 Å². The molecule has 38 heavy (non-hydrogen) atoms. The molecule has 0 aromatic heterocycles. The summed E-state index contributed by atoms with van der Waals surface area (Å²) in [7, 11) is 0. The monoisotopic (exact) mass is 522 g/mol. The number of hydrogen-bond donors (Lipinski definition) is 3. The van der Waals surface area contributed by atoms with Crippen molar-refractivity contribution in [2.45, 2.75) is 129 Å². The summed E-state index contributed by atoms with van der Waals surface area (Å²) in [6.45, 7) is 7.27. The van der Waals surface area contributed by atoms with Crippen LogP contribution in [0.4, 0.5) is 0 Å². The summed E-state index contributed by atoms with van der Waals surface area (Å²) in [5.74, 6) is 4.80. The van der Waals surface area contributed by atoms with Crippen molar-refractivity contribution in [3.8, 4) is 0 Å². The molecule has 0 aromatic carbocycles. The molecule has 7 fully saturated rings. The Balaban J connectivity index is 1.11. The Kier molecular flexibility index (Phi) is 7.53. The minimum absolute atomic E-state index is 0.180. The standard InChI is InChI=1S/C35H54O3/c1-22(6-7-23(2)33(38)35-19-25-13-26(20-35)15-27(14-25)21-35)31-10-11-32-28(5-4-12-34(31,32)3)9-8-24-16-29(36)18-30(37)17-24/h6-9,22-23,25-27,29-33,36-38H,4-5,10-21H2,1-3H3/b7-6+,28-9+/t22-,23+,25?,26?,27?,29-,30-,31-,32+,33+,34-,35?/m1/s1. The minimum Gasteiger partial charge on any atom is -0.393 e. The lowest BCUT2D eigenvalue weighted by atomic mass is 9.47. The third kappa shape index (κ3) is 5.03. The van der Waals surface area contributed by atoms with Crippen molar-refractivity contribution in [2.24, 2.45) is 52.3 Å². The molecule has 7 rings (SSSR count). The molecule has 7 aliphatic rings. The number of hydrogen-bond acceptors (Lipinski definition) is 3. The van der Waals surface area contributed by atoms with Crippen molar-refractivity contribution in [3.63, 3.8) is 0 Å².